The van der Waals surface area contributed by atoms with Crippen molar-refractivity contribution in [2.24, 2.45) is 5.92 Å². The molecule has 0 bridgehead atoms. The highest BCUT2D eigenvalue weighted by Crippen LogP contribution is 2.32. The summed E-state index contributed by atoms with van der Waals surface area (Å²) in [5.41, 5.74) is 1.17. The smallest absolute Gasteiger partial charge is 0.186 e. The molecule has 0 aromatic carbocycles. The molecule has 0 amide bonds. The van der Waals surface area contributed by atoms with Crippen LogP contribution >= 0.6 is 11.3 Å². The van der Waals surface area contributed by atoms with E-state index in [0.717, 1.165) is 13.1 Å². The highest BCUT2D eigenvalue weighted by atomic mass is 32.1. The Labute approximate surface area is 122 Å². The van der Waals surface area contributed by atoms with Gasteiger partial charge in [-0.3, -0.25) is 0 Å². The Bertz CT molecular complexity index is 385. The largest absolute Gasteiger partial charge is 0.345 e. The highest BCUT2D eigenvalue weighted by molar-refractivity contribution is 7.15. The summed E-state index contributed by atoms with van der Waals surface area (Å²) in [6.45, 7) is 17.6. The number of hydrogen-bond donors (Lipinski definition) is 1. The standard InChI is InChI=1S/C15H29N3S/c1-8-16-12(6)14-13(7)17-15(19-14)18(11(4)5)9-10(2)3/h10-12,16H,8-9H2,1-7H3. The molecule has 1 rings (SSSR count). The van der Waals surface area contributed by atoms with Crippen molar-refractivity contribution in [3.8, 4) is 0 Å². The SMILES string of the molecule is CCNC(C)c1sc(N(CC(C)C)C(C)C)nc1C. The molecule has 1 heterocycles. The van der Waals surface area contributed by atoms with Crippen LogP contribution in [0.2, 0.25) is 0 Å². The van der Waals surface area contributed by atoms with Gasteiger partial charge >= 0.3 is 0 Å². The Hall–Kier alpha value is -0.610. The lowest BCUT2D eigenvalue weighted by atomic mass is 10.2. The third kappa shape index (κ3) is 4.46. The van der Waals surface area contributed by atoms with Crippen LogP contribution in [0.15, 0.2) is 0 Å². The number of aryl methyl sites for hydroxylation is 1. The van der Waals surface area contributed by atoms with Crippen LogP contribution < -0.4 is 10.2 Å². The molecular weight excluding hydrogens is 254 g/mol. The van der Waals surface area contributed by atoms with Gasteiger partial charge in [-0.2, -0.15) is 0 Å². The van der Waals surface area contributed by atoms with Crippen LogP contribution in [0, 0.1) is 12.8 Å². The molecular formula is C15H29N3S. The summed E-state index contributed by atoms with van der Waals surface area (Å²) in [6.07, 6.45) is 0. The van der Waals surface area contributed by atoms with E-state index in [1.807, 2.05) is 11.3 Å². The summed E-state index contributed by atoms with van der Waals surface area (Å²) in [5, 5.41) is 4.64. The second-order valence-corrected chi connectivity index (χ2v) is 6.87. The van der Waals surface area contributed by atoms with Gasteiger partial charge < -0.3 is 10.2 Å². The minimum atomic E-state index is 0.393. The molecule has 0 saturated carbocycles. The molecule has 19 heavy (non-hydrogen) atoms. The van der Waals surface area contributed by atoms with Crippen molar-refractivity contribution in [3.05, 3.63) is 10.6 Å². The number of nitrogens with one attached hydrogen (secondary N) is 1. The quantitative estimate of drug-likeness (QED) is 0.820. The van der Waals surface area contributed by atoms with E-state index < -0.39 is 0 Å². The molecule has 1 atom stereocenters. The van der Waals surface area contributed by atoms with Gasteiger partial charge in [0.05, 0.1) is 5.69 Å². The molecule has 110 valence electrons. The lowest BCUT2D eigenvalue weighted by molar-refractivity contribution is 0.569. The fraction of sp³-hybridized carbons (Fsp3) is 0.800. The van der Waals surface area contributed by atoms with Gasteiger partial charge in [0, 0.05) is 23.5 Å². The Morgan fingerprint density at radius 2 is 1.84 bits per heavy atom. The Kier molecular flexibility index (Phi) is 6.27. The lowest BCUT2D eigenvalue weighted by Crippen LogP contribution is -2.34. The first-order valence-corrected chi connectivity index (χ1v) is 8.15. The first-order chi connectivity index (χ1) is 8.86. The zero-order valence-corrected chi connectivity index (χ0v) is 14.3. The predicted molar refractivity (Wildman–Crippen MR) is 86.3 cm³/mol. The maximum atomic E-state index is 4.79. The minimum Gasteiger partial charge on any atom is -0.345 e. The van der Waals surface area contributed by atoms with Gasteiger partial charge in [0.1, 0.15) is 0 Å². The fourth-order valence-electron chi connectivity index (χ4n) is 2.22. The lowest BCUT2D eigenvalue weighted by Gasteiger charge is -2.27. The van der Waals surface area contributed by atoms with Crippen LogP contribution in [0.3, 0.4) is 0 Å². The van der Waals surface area contributed by atoms with E-state index >= 15 is 0 Å². The molecule has 0 radical (unpaired) electrons. The summed E-state index contributed by atoms with van der Waals surface area (Å²) < 4.78 is 0. The first-order valence-electron chi connectivity index (χ1n) is 7.34. The zero-order valence-electron chi connectivity index (χ0n) is 13.4. The van der Waals surface area contributed by atoms with Crippen molar-refractivity contribution >= 4 is 16.5 Å². The molecule has 1 N–H and O–H groups in total. The maximum Gasteiger partial charge on any atom is 0.186 e. The van der Waals surface area contributed by atoms with E-state index in [2.05, 4.69) is 58.7 Å². The Morgan fingerprint density at radius 3 is 2.32 bits per heavy atom. The van der Waals surface area contributed by atoms with E-state index in [-0.39, 0.29) is 0 Å². The zero-order chi connectivity index (χ0) is 14.6. The van der Waals surface area contributed by atoms with Crippen LogP contribution in [0.25, 0.3) is 0 Å². The normalized spacial score (nSPS) is 13.3. The summed E-state index contributed by atoms with van der Waals surface area (Å²) in [4.78, 5) is 8.58. The van der Waals surface area contributed by atoms with Gasteiger partial charge in [0.25, 0.3) is 0 Å². The monoisotopic (exact) mass is 283 g/mol. The topological polar surface area (TPSA) is 28.2 Å². The average Bonchev–Trinajstić information content (AvgIpc) is 2.67. The van der Waals surface area contributed by atoms with Crippen LogP contribution in [0.5, 0.6) is 0 Å². The van der Waals surface area contributed by atoms with Gasteiger partial charge in [-0.1, -0.05) is 20.8 Å². The van der Waals surface area contributed by atoms with Crippen LogP contribution in [-0.4, -0.2) is 24.1 Å². The van der Waals surface area contributed by atoms with Crippen molar-refractivity contribution in [2.75, 3.05) is 18.0 Å². The highest BCUT2D eigenvalue weighted by Gasteiger charge is 2.20. The van der Waals surface area contributed by atoms with E-state index in [9.17, 15) is 0 Å². The van der Waals surface area contributed by atoms with Crippen molar-refractivity contribution in [2.45, 2.75) is 60.5 Å². The summed E-state index contributed by atoms with van der Waals surface area (Å²) in [6, 6.07) is 0.888. The van der Waals surface area contributed by atoms with E-state index in [0.29, 0.717) is 18.0 Å². The van der Waals surface area contributed by atoms with Gasteiger partial charge in [0.2, 0.25) is 0 Å². The van der Waals surface area contributed by atoms with Gasteiger partial charge in [-0.05, 0) is 40.2 Å². The molecule has 0 fully saturated rings. The fourth-order valence-corrected chi connectivity index (χ4v) is 3.46. The number of thiazole rings is 1. The van der Waals surface area contributed by atoms with E-state index in [1.165, 1.54) is 15.7 Å². The third-order valence-electron chi connectivity index (χ3n) is 3.16. The predicted octanol–water partition coefficient (Wildman–Crippen LogP) is 3.99. The van der Waals surface area contributed by atoms with Crippen LogP contribution in [-0.2, 0) is 0 Å². The average molecular weight is 283 g/mol. The molecule has 0 spiro atoms. The van der Waals surface area contributed by atoms with Gasteiger partial charge in [-0.25, -0.2) is 4.98 Å². The molecule has 0 aliphatic rings. The summed E-state index contributed by atoms with van der Waals surface area (Å²) in [7, 11) is 0. The number of anilines is 1. The second kappa shape index (κ2) is 7.25. The van der Waals surface area contributed by atoms with Gasteiger partial charge in [0.15, 0.2) is 5.13 Å². The summed E-state index contributed by atoms with van der Waals surface area (Å²) in [5.74, 6) is 0.654. The number of nitrogens with zero attached hydrogens (tertiary/aromatic N) is 2. The number of aromatic nitrogens is 1. The molecule has 0 saturated heterocycles. The maximum absolute atomic E-state index is 4.79. The van der Waals surface area contributed by atoms with Crippen molar-refractivity contribution in [3.63, 3.8) is 0 Å². The number of hydrogen-bond acceptors (Lipinski definition) is 4. The first kappa shape index (κ1) is 16.4. The van der Waals surface area contributed by atoms with Crippen molar-refractivity contribution < 1.29 is 0 Å². The number of rotatable bonds is 7. The van der Waals surface area contributed by atoms with E-state index in [1.54, 1.807) is 0 Å². The second-order valence-electron chi connectivity index (χ2n) is 5.87. The molecule has 1 aromatic rings. The third-order valence-corrected chi connectivity index (χ3v) is 4.53. The summed E-state index contributed by atoms with van der Waals surface area (Å²) >= 11 is 1.84. The van der Waals surface area contributed by atoms with Crippen LogP contribution in [0.4, 0.5) is 5.13 Å². The Balaban J connectivity index is 2.96. The molecule has 0 aliphatic heterocycles. The molecule has 4 heteroatoms. The molecule has 0 aliphatic carbocycles. The molecule has 3 nitrogen and oxygen atoms in total. The van der Waals surface area contributed by atoms with Crippen molar-refractivity contribution in [1.82, 2.24) is 10.3 Å². The Morgan fingerprint density at radius 1 is 1.21 bits per heavy atom. The molecule has 1 unspecified atom stereocenters. The minimum absolute atomic E-state index is 0.393. The van der Waals surface area contributed by atoms with Crippen molar-refractivity contribution in [1.29, 1.82) is 0 Å². The van der Waals surface area contributed by atoms with Gasteiger partial charge in [-0.15, -0.1) is 11.3 Å². The van der Waals surface area contributed by atoms with Crippen LogP contribution in [0.1, 0.15) is 58.2 Å². The molecule has 1 aromatic heterocycles. The van der Waals surface area contributed by atoms with E-state index in [4.69, 9.17) is 4.98 Å².